The number of nitrogens with one attached hydrogen (secondary N) is 1. The molecule has 2 N–H and O–H groups in total. The van der Waals surface area contributed by atoms with E-state index in [-0.39, 0.29) is 12.6 Å². The molecular formula is C13H17Cl2NO3. The molecule has 2 atom stereocenters. The van der Waals surface area contributed by atoms with Crippen molar-refractivity contribution in [1.29, 1.82) is 0 Å². The molecule has 0 spiro atoms. The fourth-order valence-electron chi connectivity index (χ4n) is 1.61. The molecule has 0 heterocycles. The molecule has 0 aliphatic rings. The molecule has 0 aromatic heterocycles. The summed E-state index contributed by atoms with van der Waals surface area (Å²) in [6, 6.07) is 5.05. The van der Waals surface area contributed by atoms with Crippen molar-refractivity contribution in [1.82, 2.24) is 5.32 Å². The smallest absolute Gasteiger partial charge is 0.338 e. The minimum atomic E-state index is -1.58. The highest BCUT2D eigenvalue weighted by Crippen LogP contribution is 2.26. The minimum absolute atomic E-state index is 0.0554. The Labute approximate surface area is 122 Å². The zero-order valence-corrected chi connectivity index (χ0v) is 12.5. The average Bonchev–Trinajstić information content (AvgIpc) is 2.35. The zero-order chi connectivity index (χ0) is 14.6. The van der Waals surface area contributed by atoms with Crippen molar-refractivity contribution in [3.8, 4) is 0 Å². The second-order valence-electron chi connectivity index (χ2n) is 4.53. The second kappa shape index (κ2) is 6.57. The first-order valence-corrected chi connectivity index (χ1v) is 6.52. The van der Waals surface area contributed by atoms with E-state index in [0.29, 0.717) is 10.0 Å². The van der Waals surface area contributed by atoms with Crippen LogP contribution in [-0.2, 0) is 9.53 Å². The Kier molecular flexibility index (Phi) is 5.62. The number of rotatable bonds is 5. The van der Waals surface area contributed by atoms with E-state index in [2.05, 4.69) is 10.1 Å². The molecule has 0 aliphatic carbocycles. The van der Waals surface area contributed by atoms with Gasteiger partial charge in [0.2, 0.25) is 0 Å². The Hall–Kier alpha value is -0.810. The highest BCUT2D eigenvalue weighted by molar-refractivity contribution is 6.35. The molecule has 1 aromatic carbocycles. The van der Waals surface area contributed by atoms with Crippen molar-refractivity contribution < 1.29 is 14.6 Å². The van der Waals surface area contributed by atoms with Gasteiger partial charge in [0.05, 0.1) is 7.11 Å². The Morgan fingerprint density at radius 1 is 1.53 bits per heavy atom. The first-order chi connectivity index (χ1) is 8.77. The van der Waals surface area contributed by atoms with Crippen LogP contribution in [0.4, 0.5) is 0 Å². The summed E-state index contributed by atoms with van der Waals surface area (Å²) in [6.45, 7) is 3.32. The van der Waals surface area contributed by atoms with Gasteiger partial charge in [-0.05, 0) is 31.5 Å². The summed E-state index contributed by atoms with van der Waals surface area (Å²) in [7, 11) is 1.23. The summed E-state index contributed by atoms with van der Waals surface area (Å²) < 4.78 is 4.52. The highest BCUT2D eigenvalue weighted by atomic mass is 35.5. The molecule has 0 bridgehead atoms. The molecule has 1 aromatic rings. The molecule has 0 saturated carbocycles. The number of benzene rings is 1. The molecule has 0 fully saturated rings. The molecule has 0 aliphatic heterocycles. The van der Waals surface area contributed by atoms with Gasteiger partial charge in [0.1, 0.15) is 0 Å². The van der Waals surface area contributed by atoms with Crippen molar-refractivity contribution in [3.05, 3.63) is 33.8 Å². The van der Waals surface area contributed by atoms with E-state index in [4.69, 9.17) is 23.2 Å². The molecule has 0 radical (unpaired) electrons. The maximum absolute atomic E-state index is 11.3. The van der Waals surface area contributed by atoms with Crippen LogP contribution in [0.15, 0.2) is 18.2 Å². The van der Waals surface area contributed by atoms with Gasteiger partial charge in [0.15, 0.2) is 5.60 Å². The standard InChI is InChI=1S/C13H17Cl2NO3/c1-8(10-5-4-9(14)6-11(10)15)16-7-13(2,18)12(17)19-3/h4-6,8,16,18H,7H2,1-3H3. The van der Waals surface area contributed by atoms with Crippen LogP contribution < -0.4 is 5.32 Å². The lowest BCUT2D eigenvalue weighted by molar-refractivity contribution is -0.160. The lowest BCUT2D eigenvalue weighted by Gasteiger charge is -2.24. The molecule has 4 nitrogen and oxygen atoms in total. The molecule has 1 rings (SSSR count). The SMILES string of the molecule is COC(=O)C(C)(O)CNC(C)c1ccc(Cl)cc1Cl. The summed E-state index contributed by atoms with van der Waals surface area (Å²) in [6.07, 6.45) is 0. The number of aliphatic hydroxyl groups is 1. The number of halogens is 2. The fraction of sp³-hybridized carbons (Fsp3) is 0.462. The largest absolute Gasteiger partial charge is 0.467 e. The van der Waals surface area contributed by atoms with Gasteiger partial charge < -0.3 is 15.2 Å². The predicted octanol–water partition coefficient (Wildman–Crippen LogP) is 2.57. The molecule has 0 saturated heterocycles. The number of carbonyl (C=O) groups is 1. The summed E-state index contributed by atoms with van der Waals surface area (Å²) in [5, 5.41) is 14.0. The minimum Gasteiger partial charge on any atom is -0.467 e. The third-order valence-corrected chi connectivity index (χ3v) is 3.37. The van der Waals surface area contributed by atoms with Gasteiger partial charge >= 0.3 is 5.97 Å². The van der Waals surface area contributed by atoms with Gasteiger partial charge in [0.25, 0.3) is 0 Å². The van der Waals surface area contributed by atoms with E-state index in [1.54, 1.807) is 18.2 Å². The van der Waals surface area contributed by atoms with Gasteiger partial charge in [-0.2, -0.15) is 0 Å². The third-order valence-electron chi connectivity index (χ3n) is 2.81. The quantitative estimate of drug-likeness (QED) is 0.821. The molecule has 2 unspecified atom stereocenters. The van der Waals surface area contributed by atoms with E-state index in [0.717, 1.165) is 5.56 Å². The second-order valence-corrected chi connectivity index (χ2v) is 5.38. The Morgan fingerprint density at radius 3 is 2.68 bits per heavy atom. The third kappa shape index (κ3) is 4.35. The molecular weight excluding hydrogens is 289 g/mol. The van der Waals surface area contributed by atoms with Crippen LogP contribution >= 0.6 is 23.2 Å². The van der Waals surface area contributed by atoms with Crippen molar-refractivity contribution in [2.24, 2.45) is 0 Å². The number of esters is 1. The fourth-order valence-corrected chi connectivity index (χ4v) is 2.18. The van der Waals surface area contributed by atoms with Crippen molar-refractivity contribution in [2.45, 2.75) is 25.5 Å². The maximum atomic E-state index is 11.3. The molecule has 106 valence electrons. The van der Waals surface area contributed by atoms with Crippen LogP contribution in [0.1, 0.15) is 25.5 Å². The number of carbonyl (C=O) groups excluding carboxylic acids is 1. The summed E-state index contributed by atoms with van der Waals surface area (Å²) >= 11 is 11.9. The lowest BCUT2D eigenvalue weighted by atomic mass is 10.0. The topological polar surface area (TPSA) is 58.6 Å². The van der Waals surface area contributed by atoms with Crippen molar-refractivity contribution in [2.75, 3.05) is 13.7 Å². The van der Waals surface area contributed by atoms with E-state index < -0.39 is 11.6 Å². The van der Waals surface area contributed by atoms with Gasteiger partial charge in [-0.1, -0.05) is 29.3 Å². The van der Waals surface area contributed by atoms with Gasteiger partial charge in [-0.15, -0.1) is 0 Å². The number of hydrogen-bond acceptors (Lipinski definition) is 4. The Balaban J connectivity index is 2.70. The van der Waals surface area contributed by atoms with Crippen molar-refractivity contribution in [3.63, 3.8) is 0 Å². The van der Waals surface area contributed by atoms with E-state index in [1.807, 2.05) is 6.92 Å². The molecule has 0 amide bonds. The predicted molar refractivity (Wildman–Crippen MR) is 75.5 cm³/mol. The van der Waals surface area contributed by atoms with Crippen LogP contribution in [0.3, 0.4) is 0 Å². The highest BCUT2D eigenvalue weighted by Gasteiger charge is 2.31. The van der Waals surface area contributed by atoms with Gasteiger partial charge in [0, 0.05) is 22.6 Å². The van der Waals surface area contributed by atoms with Crippen LogP contribution in [0, 0.1) is 0 Å². The Bertz CT molecular complexity index is 463. The van der Waals surface area contributed by atoms with Gasteiger partial charge in [-0.3, -0.25) is 0 Å². The normalized spacial score (nSPS) is 15.7. The zero-order valence-electron chi connectivity index (χ0n) is 11.0. The molecule has 19 heavy (non-hydrogen) atoms. The van der Waals surface area contributed by atoms with E-state index in [9.17, 15) is 9.90 Å². The van der Waals surface area contributed by atoms with Crippen LogP contribution in [0.2, 0.25) is 10.0 Å². The summed E-state index contributed by atoms with van der Waals surface area (Å²) in [5.74, 6) is -0.686. The lowest BCUT2D eigenvalue weighted by Crippen LogP contribution is -2.46. The number of ether oxygens (including phenoxy) is 1. The monoisotopic (exact) mass is 305 g/mol. The first kappa shape index (κ1) is 16.2. The Morgan fingerprint density at radius 2 is 2.16 bits per heavy atom. The van der Waals surface area contributed by atoms with Crippen LogP contribution in [0.25, 0.3) is 0 Å². The van der Waals surface area contributed by atoms with E-state index >= 15 is 0 Å². The molecule has 6 heteroatoms. The van der Waals surface area contributed by atoms with Crippen molar-refractivity contribution >= 4 is 29.2 Å². The van der Waals surface area contributed by atoms with Crippen LogP contribution in [0.5, 0.6) is 0 Å². The maximum Gasteiger partial charge on any atom is 0.338 e. The first-order valence-electron chi connectivity index (χ1n) is 5.77. The number of hydrogen-bond donors (Lipinski definition) is 2. The summed E-state index contributed by atoms with van der Waals surface area (Å²) in [4.78, 5) is 11.3. The van der Waals surface area contributed by atoms with E-state index in [1.165, 1.54) is 14.0 Å². The average molecular weight is 306 g/mol. The van der Waals surface area contributed by atoms with Crippen LogP contribution in [-0.4, -0.2) is 30.3 Å². The van der Waals surface area contributed by atoms with Gasteiger partial charge in [-0.25, -0.2) is 4.79 Å². The number of methoxy groups -OCH3 is 1. The summed E-state index contributed by atoms with van der Waals surface area (Å²) in [5.41, 5.74) is -0.742.